The minimum absolute atomic E-state index is 0.121. The molecule has 0 spiro atoms. The van der Waals surface area contributed by atoms with Crippen LogP contribution >= 0.6 is 0 Å². The Hall–Kier alpha value is -2.48. The summed E-state index contributed by atoms with van der Waals surface area (Å²) < 4.78 is 52.3. The van der Waals surface area contributed by atoms with Gasteiger partial charge in [-0.1, -0.05) is 12.1 Å². The lowest BCUT2D eigenvalue weighted by atomic mass is 9.96. The van der Waals surface area contributed by atoms with E-state index < -0.39 is 33.6 Å². The van der Waals surface area contributed by atoms with Gasteiger partial charge < -0.3 is 5.32 Å². The minimum atomic E-state index is -3.93. The van der Waals surface area contributed by atoms with Gasteiger partial charge in [-0.15, -0.1) is 0 Å². The van der Waals surface area contributed by atoms with Gasteiger partial charge in [0, 0.05) is 6.07 Å². The molecule has 0 aliphatic heterocycles. The van der Waals surface area contributed by atoms with Crippen LogP contribution in [0, 0.1) is 32.4 Å². The van der Waals surface area contributed by atoms with Gasteiger partial charge in [-0.2, -0.15) is 0 Å². The standard InChI is InChI=1S/C21H26F2N2O3S/c1-12-9-14(3)18(10-13(12)2)15(4)24-21(26)16(5)25(29(6,27)28)17-7-8-19(22)20(23)11-17/h7-11,15-16H,1-6H3,(H,24,26)/t15-,16-/m1/s1. The number of rotatable bonds is 6. The van der Waals surface area contributed by atoms with Gasteiger partial charge in [0.15, 0.2) is 11.6 Å². The summed E-state index contributed by atoms with van der Waals surface area (Å²) in [5, 5.41) is 2.82. The highest BCUT2D eigenvalue weighted by Crippen LogP contribution is 2.25. The van der Waals surface area contributed by atoms with E-state index in [0.717, 1.165) is 51.0 Å². The highest BCUT2D eigenvalue weighted by atomic mass is 32.2. The zero-order valence-corrected chi connectivity index (χ0v) is 18.2. The molecule has 0 aliphatic carbocycles. The predicted molar refractivity (Wildman–Crippen MR) is 110 cm³/mol. The SMILES string of the molecule is Cc1cc(C)c([C@@H](C)NC(=O)[C@@H](C)N(c2ccc(F)c(F)c2)S(C)(=O)=O)cc1C. The molecule has 29 heavy (non-hydrogen) atoms. The second-order valence-electron chi connectivity index (χ2n) is 7.36. The van der Waals surface area contributed by atoms with E-state index in [9.17, 15) is 22.0 Å². The summed E-state index contributed by atoms with van der Waals surface area (Å²) in [4.78, 5) is 12.8. The molecule has 0 radical (unpaired) electrons. The first kappa shape index (κ1) is 22.8. The second-order valence-corrected chi connectivity index (χ2v) is 9.22. The molecule has 2 aromatic carbocycles. The highest BCUT2D eigenvalue weighted by Gasteiger charge is 2.30. The maximum atomic E-state index is 13.6. The third kappa shape index (κ3) is 5.12. The fraction of sp³-hybridized carbons (Fsp3) is 0.381. The number of halogens is 2. The molecule has 158 valence electrons. The maximum Gasteiger partial charge on any atom is 0.244 e. The van der Waals surface area contributed by atoms with Crippen LogP contribution < -0.4 is 9.62 Å². The van der Waals surface area contributed by atoms with E-state index in [2.05, 4.69) is 5.32 Å². The van der Waals surface area contributed by atoms with Gasteiger partial charge in [-0.05, 0) is 69.0 Å². The van der Waals surface area contributed by atoms with E-state index in [-0.39, 0.29) is 11.7 Å². The smallest absolute Gasteiger partial charge is 0.244 e. The molecular weight excluding hydrogens is 398 g/mol. The Morgan fingerprint density at radius 1 is 0.966 bits per heavy atom. The van der Waals surface area contributed by atoms with Crippen LogP contribution in [0.4, 0.5) is 14.5 Å². The van der Waals surface area contributed by atoms with Gasteiger partial charge in [0.05, 0.1) is 18.0 Å². The largest absolute Gasteiger partial charge is 0.348 e. The molecule has 0 aliphatic rings. The van der Waals surface area contributed by atoms with Crippen LogP contribution in [-0.2, 0) is 14.8 Å². The third-order valence-corrected chi connectivity index (χ3v) is 6.20. The summed E-state index contributed by atoms with van der Waals surface area (Å²) in [7, 11) is -3.93. The normalized spacial score (nSPS) is 13.7. The van der Waals surface area contributed by atoms with Crippen molar-refractivity contribution in [2.75, 3.05) is 10.6 Å². The monoisotopic (exact) mass is 424 g/mol. The molecule has 0 saturated carbocycles. The van der Waals surface area contributed by atoms with Crippen LogP contribution in [-0.4, -0.2) is 26.6 Å². The molecule has 5 nitrogen and oxygen atoms in total. The van der Waals surface area contributed by atoms with Crippen molar-refractivity contribution in [2.45, 2.75) is 46.7 Å². The summed E-state index contributed by atoms with van der Waals surface area (Å²) in [5.74, 6) is -2.84. The number of carbonyl (C=O) groups excluding carboxylic acids is 1. The van der Waals surface area contributed by atoms with Crippen molar-refractivity contribution < 1.29 is 22.0 Å². The van der Waals surface area contributed by atoms with E-state index in [4.69, 9.17) is 0 Å². The molecule has 0 heterocycles. The molecule has 1 N–H and O–H groups in total. The van der Waals surface area contributed by atoms with Crippen LogP contribution in [0.15, 0.2) is 30.3 Å². The molecule has 0 unspecified atom stereocenters. The summed E-state index contributed by atoms with van der Waals surface area (Å²) in [5.41, 5.74) is 4.03. The number of aryl methyl sites for hydroxylation is 3. The van der Waals surface area contributed by atoms with E-state index in [1.165, 1.54) is 6.92 Å². The van der Waals surface area contributed by atoms with E-state index >= 15 is 0 Å². The second kappa shape index (κ2) is 8.49. The van der Waals surface area contributed by atoms with Gasteiger partial charge in [0.25, 0.3) is 0 Å². The molecule has 0 fully saturated rings. The molecule has 0 saturated heterocycles. The van der Waals surface area contributed by atoms with E-state index in [1.807, 2.05) is 39.8 Å². The lowest BCUT2D eigenvalue weighted by Gasteiger charge is -2.29. The molecule has 0 bridgehead atoms. The Balaban J connectivity index is 2.32. The lowest BCUT2D eigenvalue weighted by molar-refractivity contribution is -0.122. The Morgan fingerprint density at radius 3 is 2.10 bits per heavy atom. The van der Waals surface area contributed by atoms with Crippen molar-refractivity contribution in [1.29, 1.82) is 0 Å². The summed E-state index contributed by atoms with van der Waals surface area (Å²) in [6, 6.07) is 5.20. The molecule has 2 rings (SSSR count). The first-order valence-electron chi connectivity index (χ1n) is 9.15. The van der Waals surface area contributed by atoms with Crippen molar-refractivity contribution in [2.24, 2.45) is 0 Å². The van der Waals surface area contributed by atoms with Crippen LogP contribution in [0.25, 0.3) is 0 Å². The summed E-state index contributed by atoms with van der Waals surface area (Å²) >= 11 is 0. The number of carbonyl (C=O) groups is 1. The fourth-order valence-corrected chi connectivity index (χ4v) is 4.46. The molecule has 2 atom stereocenters. The molecule has 2 aromatic rings. The Labute approximate surface area is 170 Å². The number of benzene rings is 2. The number of amides is 1. The first-order valence-corrected chi connectivity index (χ1v) is 11.0. The van der Waals surface area contributed by atoms with Gasteiger partial charge in [0.1, 0.15) is 6.04 Å². The number of hydrogen-bond acceptors (Lipinski definition) is 3. The van der Waals surface area contributed by atoms with Gasteiger partial charge in [-0.3, -0.25) is 9.10 Å². The summed E-state index contributed by atoms with van der Waals surface area (Å²) in [6.45, 7) is 9.13. The molecular formula is C21H26F2N2O3S. The molecule has 0 aromatic heterocycles. The quantitative estimate of drug-likeness (QED) is 0.764. The molecule has 1 amide bonds. The van der Waals surface area contributed by atoms with Crippen LogP contribution in [0.2, 0.25) is 0 Å². The zero-order valence-electron chi connectivity index (χ0n) is 17.4. The van der Waals surface area contributed by atoms with Crippen molar-refractivity contribution in [1.82, 2.24) is 5.32 Å². The van der Waals surface area contributed by atoms with Crippen molar-refractivity contribution in [3.63, 3.8) is 0 Å². The number of hydrogen-bond donors (Lipinski definition) is 1. The maximum absolute atomic E-state index is 13.6. The topological polar surface area (TPSA) is 66.5 Å². The number of anilines is 1. The van der Waals surface area contributed by atoms with Gasteiger partial charge in [-0.25, -0.2) is 17.2 Å². The van der Waals surface area contributed by atoms with Crippen molar-refractivity contribution in [3.8, 4) is 0 Å². The average Bonchev–Trinajstić information content (AvgIpc) is 2.59. The Kier molecular flexibility index (Phi) is 6.67. The van der Waals surface area contributed by atoms with Gasteiger partial charge >= 0.3 is 0 Å². The van der Waals surface area contributed by atoms with E-state index in [0.29, 0.717) is 0 Å². The zero-order chi connectivity index (χ0) is 22.1. The van der Waals surface area contributed by atoms with E-state index in [1.54, 1.807) is 0 Å². The van der Waals surface area contributed by atoms with Crippen LogP contribution in [0.3, 0.4) is 0 Å². The summed E-state index contributed by atoms with van der Waals surface area (Å²) in [6.07, 6.45) is 0.912. The Bertz CT molecular complexity index is 1040. The number of nitrogens with zero attached hydrogens (tertiary/aromatic N) is 1. The first-order chi connectivity index (χ1) is 13.3. The fourth-order valence-electron chi connectivity index (χ4n) is 3.29. The van der Waals surface area contributed by atoms with Crippen molar-refractivity contribution in [3.05, 3.63) is 64.2 Å². The highest BCUT2D eigenvalue weighted by molar-refractivity contribution is 7.92. The average molecular weight is 425 g/mol. The predicted octanol–water partition coefficient (Wildman–Crippen LogP) is 3.92. The number of nitrogens with one attached hydrogen (secondary N) is 1. The third-order valence-electron chi connectivity index (χ3n) is 4.95. The van der Waals surface area contributed by atoms with Crippen molar-refractivity contribution >= 4 is 21.6 Å². The van der Waals surface area contributed by atoms with Crippen LogP contribution in [0.1, 0.15) is 42.1 Å². The Morgan fingerprint density at radius 2 is 1.55 bits per heavy atom. The molecule has 8 heteroatoms. The van der Waals surface area contributed by atoms with Gasteiger partial charge in [0.2, 0.25) is 15.9 Å². The minimum Gasteiger partial charge on any atom is -0.348 e. The van der Waals surface area contributed by atoms with Crippen LogP contribution in [0.5, 0.6) is 0 Å². The lowest BCUT2D eigenvalue weighted by Crippen LogP contribution is -2.48. The number of sulfonamides is 1.